The van der Waals surface area contributed by atoms with Crippen molar-refractivity contribution in [2.75, 3.05) is 27.3 Å². The summed E-state index contributed by atoms with van der Waals surface area (Å²) in [6, 6.07) is 4.51. The molecule has 1 aromatic carbocycles. The van der Waals surface area contributed by atoms with Crippen molar-refractivity contribution in [1.29, 1.82) is 0 Å². The first-order valence-electron chi connectivity index (χ1n) is 8.30. The van der Waals surface area contributed by atoms with E-state index in [9.17, 15) is 0 Å². The monoisotopic (exact) mass is 287 g/mol. The Morgan fingerprint density at radius 1 is 1.05 bits per heavy atom. The Morgan fingerprint density at radius 3 is 2.67 bits per heavy atom. The maximum absolute atomic E-state index is 5.58. The maximum atomic E-state index is 5.58. The van der Waals surface area contributed by atoms with E-state index in [1.165, 1.54) is 56.3 Å². The van der Waals surface area contributed by atoms with Crippen molar-refractivity contribution >= 4 is 0 Å². The summed E-state index contributed by atoms with van der Waals surface area (Å²) in [5.74, 6) is 2.61. The Morgan fingerprint density at radius 2 is 1.86 bits per heavy atom. The number of nitrogens with zero attached hydrogens (tertiary/aromatic N) is 1. The van der Waals surface area contributed by atoms with Crippen LogP contribution in [0.15, 0.2) is 12.1 Å². The maximum Gasteiger partial charge on any atom is 0.161 e. The van der Waals surface area contributed by atoms with Crippen LogP contribution >= 0.6 is 0 Å². The van der Waals surface area contributed by atoms with E-state index < -0.39 is 0 Å². The number of fused-ring (bicyclic) bond motifs is 1. The first-order valence-corrected chi connectivity index (χ1v) is 8.30. The van der Waals surface area contributed by atoms with Gasteiger partial charge in [0.1, 0.15) is 0 Å². The molecule has 1 saturated carbocycles. The fourth-order valence-corrected chi connectivity index (χ4v) is 5.16. The van der Waals surface area contributed by atoms with Crippen LogP contribution in [-0.4, -0.2) is 32.2 Å². The van der Waals surface area contributed by atoms with Crippen LogP contribution < -0.4 is 9.47 Å². The van der Waals surface area contributed by atoms with Crippen LogP contribution in [-0.2, 0) is 12.0 Å². The van der Waals surface area contributed by atoms with Gasteiger partial charge in [0.2, 0.25) is 0 Å². The predicted octanol–water partition coefficient (Wildman–Crippen LogP) is 3.35. The van der Waals surface area contributed by atoms with Crippen molar-refractivity contribution in [2.24, 2.45) is 5.92 Å². The number of hydrogen-bond acceptors (Lipinski definition) is 3. The molecular formula is C18H25NO2. The summed E-state index contributed by atoms with van der Waals surface area (Å²) in [4.78, 5) is 2.77. The van der Waals surface area contributed by atoms with Gasteiger partial charge in [-0.15, -0.1) is 0 Å². The number of benzene rings is 1. The Hall–Kier alpha value is -1.22. The quantitative estimate of drug-likeness (QED) is 0.832. The number of rotatable bonds is 2. The van der Waals surface area contributed by atoms with E-state index in [2.05, 4.69) is 17.0 Å². The van der Waals surface area contributed by atoms with Crippen molar-refractivity contribution in [3.8, 4) is 11.5 Å². The number of ether oxygens (including phenoxy) is 2. The van der Waals surface area contributed by atoms with E-state index in [1.54, 1.807) is 14.2 Å². The summed E-state index contributed by atoms with van der Waals surface area (Å²) in [7, 11) is 3.48. The SMILES string of the molecule is COc1cc2c(cc1OC)[C@]13CCCC[C@H]1CCN3CC2. The van der Waals surface area contributed by atoms with Gasteiger partial charge in [0.25, 0.3) is 0 Å². The molecule has 2 atom stereocenters. The third-order valence-corrected chi connectivity index (χ3v) is 6.07. The van der Waals surface area contributed by atoms with Gasteiger partial charge in [0, 0.05) is 12.1 Å². The highest BCUT2D eigenvalue weighted by Gasteiger charge is 2.53. The molecule has 0 radical (unpaired) electrons. The molecule has 0 amide bonds. The van der Waals surface area contributed by atoms with Crippen molar-refractivity contribution in [3.63, 3.8) is 0 Å². The molecule has 0 N–H and O–H groups in total. The van der Waals surface area contributed by atoms with Gasteiger partial charge >= 0.3 is 0 Å². The summed E-state index contributed by atoms with van der Waals surface area (Å²) in [6.07, 6.45) is 7.99. The highest BCUT2D eigenvalue weighted by atomic mass is 16.5. The lowest BCUT2D eigenvalue weighted by Crippen LogP contribution is -2.50. The highest BCUT2D eigenvalue weighted by Crippen LogP contribution is 2.55. The van der Waals surface area contributed by atoms with Gasteiger partial charge in [-0.2, -0.15) is 0 Å². The fraction of sp³-hybridized carbons (Fsp3) is 0.667. The molecule has 1 aromatic rings. The van der Waals surface area contributed by atoms with Crippen LogP contribution in [0, 0.1) is 5.92 Å². The standard InChI is InChI=1S/C18H25NO2/c1-20-16-11-13-6-9-19-10-7-14-5-3-4-8-18(14,19)15(13)12-17(16)21-2/h11-12,14H,3-10H2,1-2H3/t14-,18-/m0/s1. The zero-order valence-electron chi connectivity index (χ0n) is 13.2. The normalized spacial score (nSPS) is 31.2. The molecule has 3 aliphatic rings. The smallest absolute Gasteiger partial charge is 0.161 e. The van der Waals surface area contributed by atoms with E-state index in [-0.39, 0.29) is 0 Å². The highest BCUT2D eigenvalue weighted by molar-refractivity contribution is 5.51. The van der Waals surface area contributed by atoms with Crippen molar-refractivity contribution in [2.45, 2.75) is 44.1 Å². The van der Waals surface area contributed by atoms with Gasteiger partial charge in [0.05, 0.1) is 14.2 Å². The van der Waals surface area contributed by atoms with Crippen LogP contribution in [0.4, 0.5) is 0 Å². The summed E-state index contributed by atoms with van der Waals surface area (Å²) >= 11 is 0. The minimum absolute atomic E-state index is 0.297. The lowest BCUT2D eigenvalue weighted by Gasteiger charge is -2.49. The van der Waals surface area contributed by atoms with Gasteiger partial charge in [-0.25, -0.2) is 0 Å². The zero-order chi connectivity index (χ0) is 14.4. The third kappa shape index (κ3) is 1.76. The molecule has 1 saturated heterocycles. The molecule has 21 heavy (non-hydrogen) atoms. The minimum atomic E-state index is 0.297. The summed E-state index contributed by atoms with van der Waals surface area (Å²) < 4.78 is 11.1. The van der Waals surface area contributed by atoms with Crippen LogP contribution in [0.5, 0.6) is 11.5 Å². The summed E-state index contributed by atoms with van der Waals surface area (Å²) in [6.45, 7) is 2.48. The van der Waals surface area contributed by atoms with Gasteiger partial charge in [-0.3, -0.25) is 4.90 Å². The third-order valence-electron chi connectivity index (χ3n) is 6.07. The average molecular weight is 287 g/mol. The number of hydrogen-bond donors (Lipinski definition) is 0. The largest absolute Gasteiger partial charge is 0.493 e. The molecule has 114 valence electrons. The molecule has 2 aliphatic heterocycles. The van der Waals surface area contributed by atoms with E-state index in [0.29, 0.717) is 5.54 Å². The molecule has 2 heterocycles. The Bertz CT molecular complexity index is 556. The Labute approximate surface area is 127 Å². The fourth-order valence-electron chi connectivity index (χ4n) is 5.16. The van der Waals surface area contributed by atoms with Gasteiger partial charge < -0.3 is 9.47 Å². The Balaban J connectivity index is 1.88. The van der Waals surface area contributed by atoms with Crippen LogP contribution in [0.25, 0.3) is 0 Å². The molecule has 3 nitrogen and oxygen atoms in total. The molecule has 1 aliphatic carbocycles. The first kappa shape index (κ1) is 13.4. The lowest BCUT2D eigenvalue weighted by molar-refractivity contribution is 0.0500. The van der Waals surface area contributed by atoms with Crippen molar-refractivity contribution in [3.05, 3.63) is 23.3 Å². The Kier molecular flexibility index (Phi) is 3.14. The molecule has 0 unspecified atom stereocenters. The topological polar surface area (TPSA) is 21.7 Å². The lowest BCUT2D eigenvalue weighted by atomic mass is 9.66. The van der Waals surface area contributed by atoms with Crippen LogP contribution in [0.1, 0.15) is 43.2 Å². The second kappa shape index (κ2) is 4.91. The van der Waals surface area contributed by atoms with E-state index in [0.717, 1.165) is 23.8 Å². The van der Waals surface area contributed by atoms with Crippen LogP contribution in [0.2, 0.25) is 0 Å². The van der Waals surface area contributed by atoms with Gasteiger partial charge in [0.15, 0.2) is 11.5 Å². The molecule has 0 aromatic heterocycles. The van der Waals surface area contributed by atoms with Crippen molar-refractivity contribution in [1.82, 2.24) is 4.90 Å². The van der Waals surface area contributed by atoms with E-state index in [4.69, 9.17) is 9.47 Å². The van der Waals surface area contributed by atoms with E-state index >= 15 is 0 Å². The van der Waals surface area contributed by atoms with Crippen LogP contribution in [0.3, 0.4) is 0 Å². The molecule has 2 fully saturated rings. The molecule has 0 bridgehead atoms. The second-order valence-corrected chi connectivity index (χ2v) is 6.76. The average Bonchev–Trinajstić information content (AvgIpc) is 2.93. The second-order valence-electron chi connectivity index (χ2n) is 6.76. The van der Waals surface area contributed by atoms with Gasteiger partial charge in [-0.1, -0.05) is 12.8 Å². The summed E-state index contributed by atoms with van der Waals surface area (Å²) in [5.41, 5.74) is 3.32. The zero-order valence-corrected chi connectivity index (χ0v) is 13.2. The summed E-state index contributed by atoms with van der Waals surface area (Å²) in [5, 5.41) is 0. The molecule has 3 heteroatoms. The minimum Gasteiger partial charge on any atom is -0.493 e. The first-order chi connectivity index (χ1) is 10.3. The molecule has 1 spiro atoms. The van der Waals surface area contributed by atoms with Crippen molar-refractivity contribution < 1.29 is 9.47 Å². The predicted molar refractivity (Wildman–Crippen MR) is 83.1 cm³/mol. The molecule has 4 rings (SSSR count). The van der Waals surface area contributed by atoms with Gasteiger partial charge in [-0.05, 0) is 61.4 Å². The van der Waals surface area contributed by atoms with E-state index in [1.807, 2.05) is 0 Å². The molecular weight excluding hydrogens is 262 g/mol. The number of methoxy groups -OCH3 is 2.